The van der Waals surface area contributed by atoms with Gasteiger partial charge in [0.1, 0.15) is 6.04 Å². The highest BCUT2D eigenvalue weighted by atomic mass is 127. The van der Waals surface area contributed by atoms with Gasteiger partial charge in [-0.1, -0.05) is 15.9 Å². The van der Waals surface area contributed by atoms with Gasteiger partial charge < -0.3 is 5.32 Å². The van der Waals surface area contributed by atoms with Gasteiger partial charge in [-0.3, -0.25) is 9.59 Å². The van der Waals surface area contributed by atoms with Crippen LogP contribution in [0.25, 0.3) is 0 Å². The number of rotatable bonds is 3. The van der Waals surface area contributed by atoms with Crippen LogP contribution in [0.15, 0.2) is 53.0 Å². The Bertz CT molecular complexity index is 716. The highest BCUT2D eigenvalue weighted by Gasteiger charge is 2.39. The Hall–Kier alpha value is -1.41. The minimum Gasteiger partial charge on any atom is -0.373 e. The zero-order valence-corrected chi connectivity index (χ0v) is 15.2. The molecule has 112 valence electrons. The van der Waals surface area contributed by atoms with E-state index in [1.54, 1.807) is 12.1 Å². The normalized spacial score (nSPS) is 17.9. The van der Waals surface area contributed by atoms with E-state index >= 15 is 0 Å². The van der Waals surface area contributed by atoms with E-state index in [-0.39, 0.29) is 18.2 Å². The van der Waals surface area contributed by atoms with Crippen molar-refractivity contribution >= 4 is 61.7 Å². The Morgan fingerprint density at radius 2 is 1.68 bits per heavy atom. The Labute approximate surface area is 150 Å². The van der Waals surface area contributed by atoms with Gasteiger partial charge >= 0.3 is 0 Å². The number of hydrogen-bond donors (Lipinski definition) is 1. The molecule has 0 spiro atoms. The second-order valence-electron chi connectivity index (χ2n) is 4.95. The number of carbonyl (C=O) groups excluding carboxylic acids is 2. The van der Waals surface area contributed by atoms with Crippen molar-refractivity contribution in [3.05, 3.63) is 56.6 Å². The van der Waals surface area contributed by atoms with Crippen molar-refractivity contribution in [2.45, 2.75) is 12.5 Å². The van der Waals surface area contributed by atoms with Crippen LogP contribution in [0.1, 0.15) is 6.42 Å². The molecule has 6 heteroatoms. The van der Waals surface area contributed by atoms with E-state index in [1.807, 2.05) is 36.4 Å². The van der Waals surface area contributed by atoms with Crippen LogP contribution in [0.4, 0.5) is 11.4 Å². The molecule has 2 aromatic carbocycles. The molecule has 1 atom stereocenters. The zero-order chi connectivity index (χ0) is 15.7. The minimum absolute atomic E-state index is 0.168. The molecule has 4 nitrogen and oxygen atoms in total. The third-order valence-electron chi connectivity index (χ3n) is 3.42. The number of halogens is 2. The smallest absolute Gasteiger partial charge is 0.256 e. The molecule has 0 aromatic heterocycles. The van der Waals surface area contributed by atoms with Crippen molar-refractivity contribution in [2.75, 3.05) is 10.2 Å². The molecule has 0 unspecified atom stereocenters. The number of nitrogens with zero attached hydrogens (tertiary/aromatic N) is 1. The van der Waals surface area contributed by atoms with Crippen LogP contribution in [-0.2, 0) is 9.59 Å². The molecule has 1 saturated heterocycles. The first-order valence-corrected chi connectivity index (χ1v) is 8.56. The fraction of sp³-hybridized carbons (Fsp3) is 0.125. The van der Waals surface area contributed by atoms with E-state index in [9.17, 15) is 9.59 Å². The largest absolute Gasteiger partial charge is 0.373 e. The molecule has 1 aliphatic heterocycles. The van der Waals surface area contributed by atoms with Crippen molar-refractivity contribution in [3.8, 4) is 0 Å². The molecule has 2 amide bonds. The van der Waals surface area contributed by atoms with Crippen molar-refractivity contribution in [2.24, 2.45) is 0 Å². The van der Waals surface area contributed by atoms with Crippen LogP contribution < -0.4 is 10.2 Å². The van der Waals surface area contributed by atoms with Gasteiger partial charge in [-0.2, -0.15) is 0 Å². The van der Waals surface area contributed by atoms with E-state index in [1.165, 1.54) is 4.90 Å². The van der Waals surface area contributed by atoms with Gasteiger partial charge in [0.25, 0.3) is 5.91 Å². The maximum absolute atomic E-state index is 12.5. The molecule has 22 heavy (non-hydrogen) atoms. The summed E-state index contributed by atoms with van der Waals surface area (Å²) < 4.78 is 2.03. The van der Waals surface area contributed by atoms with E-state index < -0.39 is 6.04 Å². The summed E-state index contributed by atoms with van der Waals surface area (Å²) in [5.41, 5.74) is 1.44. The molecule has 1 heterocycles. The summed E-state index contributed by atoms with van der Waals surface area (Å²) in [6.07, 6.45) is 0.168. The lowest BCUT2D eigenvalue weighted by Crippen LogP contribution is -2.34. The number of amides is 2. The van der Waals surface area contributed by atoms with Crippen LogP contribution in [-0.4, -0.2) is 17.9 Å². The molecule has 2 aromatic rings. The maximum atomic E-state index is 12.5. The molecule has 1 N–H and O–H groups in total. The lowest BCUT2D eigenvalue weighted by atomic mass is 10.2. The molecule has 0 radical (unpaired) electrons. The summed E-state index contributed by atoms with van der Waals surface area (Å²) in [5.74, 6) is -0.402. The second kappa shape index (κ2) is 6.37. The first-order chi connectivity index (χ1) is 10.5. The number of imide groups is 1. The van der Waals surface area contributed by atoms with E-state index in [0.717, 1.165) is 13.7 Å². The molecule has 1 fully saturated rings. The lowest BCUT2D eigenvalue weighted by molar-refractivity contribution is -0.121. The molecule has 3 rings (SSSR count). The molecule has 0 saturated carbocycles. The summed E-state index contributed by atoms with van der Waals surface area (Å²) in [6, 6.07) is 14.3. The molecule has 0 bridgehead atoms. The van der Waals surface area contributed by atoms with E-state index in [4.69, 9.17) is 0 Å². The number of benzene rings is 2. The van der Waals surface area contributed by atoms with E-state index in [2.05, 4.69) is 43.8 Å². The summed E-state index contributed by atoms with van der Waals surface area (Å²) in [6.45, 7) is 0. The Balaban J connectivity index is 1.79. The van der Waals surface area contributed by atoms with Gasteiger partial charge in [0, 0.05) is 13.7 Å². The maximum Gasteiger partial charge on any atom is 0.256 e. The summed E-state index contributed by atoms with van der Waals surface area (Å²) in [4.78, 5) is 25.9. The number of hydrogen-bond acceptors (Lipinski definition) is 3. The molecular formula is C16H12BrIN2O2. The molecule has 1 aliphatic rings. The van der Waals surface area contributed by atoms with Crippen molar-refractivity contribution < 1.29 is 9.59 Å². The van der Waals surface area contributed by atoms with Crippen molar-refractivity contribution in [1.29, 1.82) is 0 Å². The minimum atomic E-state index is -0.517. The van der Waals surface area contributed by atoms with Crippen LogP contribution in [0.5, 0.6) is 0 Å². The highest BCUT2D eigenvalue weighted by Crippen LogP contribution is 2.26. The predicted octanol–water partition coefficient (Wildman–Crippen LogP) is 3.80. The number of carbonyl (C=O) groups is 2. The average Bonchev–Trinajstić information content (AvgIpc) is 2.77. The van der Waals surface area contributed by atoms with Crippen molar-refractivity contribution in [1.82, 2.24) is 0 Å². The Morgan fingerprint density at radius 1 is 1.05 bits per heavy atom. The first kappa shape index (κ1) is 15.5. The number of nitrogens with one attached hydrogen (secondary N) is 1. The van der Waals surface area contributed by atoms with Crippen LogP contribution in [0.3, 0.4) is 0 Å². The summed E-state index contributed by atoms with van der Waals surface area (Å²) >= 11 is 5.57. The Morgan fingerprint density at radius 3 is 2.32 bits per heavy atom. The molecular weight excluding hydrogens is 459 g/mol. The monoisotopic (exact) mass is 470 g/mol. The van der Waals surface area contributed by atoms with E-state index in [0.29, 0.717) is 5.69 Å². The fourth-order valence-electron chi connectivity index (χ4n) is 2.35. The fourth-order valence-corrected chi connectivity index (χ4v) is 2.98. The summed E-state index contributed by atoms with van der Waals surface area (Å²) in [5, 5.41) is 3.13. The quantitative estimate of drug-likeness (QED) is 0.548. The predicted molar refractivity (Wildman–Crippen MR) is 97.8 cm³/mol. The first-order valence-electron chi connectivity index (χ1n) is 6.69. The van der Waals surface area contributed by atoms with Crippen LogP contribution >= 0.6 is 38.5 Å². The van der Waals surface area contributed by atoms with Gasteiger partial charge in [0.15, 0.2) is 0 Å². The third kappa shape index (κ3) is 3.17. The van der Waals surface area contributed by atoms with Gasteiger partial charge in [-0.15, -0.1) is 0 Å². The van der Waals surface area contributed by atoms with Crippen molar-refractivity contribution in [3.63, 3.8) is 0 Å². The SMILES string of the molecule is O=C1C[C@@H](Nc2ccc(I)cc2)C(=O)N1c1ccc(Br)cc1. The summed E-state index contributed by atoms with van der Waals surface area (Å²) in [7, 11) is 0. The van der Waals surface area contributed by atoms with Gasteiger partial charge in [0.05, 0.1) is 12.1 Å². The zero-order valence-electron chi connectivity index (χ0n) is 11.4. The van der Waals surface area contributed by atoms with Gasteiger partial charge in [0.2, 0.25) is 5.91 Å². The Kier molecular flexibility index (Phi) is 4.49. The van der Waals surface area contributed by atoms with Gasteiger partial charge in [-0.25, -0.2) is 4.90 Å². The highest BCUT2D eigenvalue weighted by molar-refractivity contribution is 14.1. The van der Waals surface area contributed by atoms with Gasteiger partial charge in [-0.05, 0) is 71.1 Å². The third-order valence-corrected chi connectivity index (χ3v) is 4.66. The van der Waals surface area contributed by atoms with Crippen LogP contribution in [0.2, 0.25) is 0 Å². The average molecular weight is 471 g/mol. The topological polar surface area (TPSA) is 49.4 Å². The molecule has 0 aliphatic carbocycles. The lowest BCUT2D eigenvalue weighted by Gasteiger charge is -2.16. The number of anilines is 2. The standard InChI is InChI=1S/C16H12BrIN2O2/c17-10-1-7-13(8-2-10)20-15(21)9-14(16(20)22)19-12-5-3-11(18)4-6-12/h1-8,14,19H,9H2/t14-/m1/s1. The van der Waals surface area contributed by atoms with Crippen LogP contribution in [0, 0.1) is 3.57 Å². The second-order valence-corrected chi connectivity index (χ2v) is 7.11.